The van der Waals surface area contributed by atoms with Gasteiger partial charge in [0.25, 0.3) is 0 Å². The Kier molecular flexibility index (Phi) is 5.00. The quantitative estimate of drug-likeness (QED) is 0.488. The second-order valence-corrected chi connectivity index (χ2v) is 8.79. The minimum absolute atomic E-state index is 0.664. The van der Waals surface area contributed by atoms with E-state index in [9.17, 15) is 0 Å². The minimum Gasteiger partial charge on any atom is -0.369 e. The molecule has 1 aliphatic rings. The van der Waals surface area contributed by atoms with E-state index in [0.29, 0.717) is 5.92 Å². The van der Waals surface area contributed by atoms with Gasteiger partial charge < -0.3 is 10.2 Å². The Morgan fingerprint density at radius 2 is 1.72 bits per heavy atom. The van der Waals surface area contributed by atoms with Crippen LogP contribution in [-0.2, 0) is 0 Å². The Morgan fingerprint density at radius 3 is 2.41 bits per heavy atom. The van der Waals surface area contributed by atoms with Gasteiger partial charge in [-0.05, 0) is 37.6 Å². The van der Waals surface area contributed by atoms with Crippen molar-refractivity contribution < 1.29 is 0 Å². The highest BCUT2D eigenvalue weighted by molar-refractivity contribution is 7.21. The topological polar surface area (TPSA) is 41.0 Å². The van der Waals surface area contributed by atoms with Gasteiger partial charge in [0, 0.05) is 23.5 Å². The van der Waals surface area contributed by atoms with E-state index in [0.717, 1.165) is 40.5 Å². The lowest BCUT2D eigenvalue weighted by Crippen LogP contribution is -2.19. The number of nitrogens with zero attached hydrogens (tertiary/aromatic N) is 3. The second-order valence-electron chi connectivity index (χ2n) is 7.76. The first kappa shape index (κ1) is 18.3. The monoisotopic (exact) mass is 400 g/mol. The lowest BCUT2D eigenvalue weighted by molar-refractivity contribution is 0.399. The molecule has 1 saturated heterocycles. The number of rotatable bonds is 5. The first-order valence-corrected chi connectivity index (χ1v) is 10.9. The maximum atomic E-state index is 4.93. The summed E-state index contributed by atoms with van der Waals surface area (Å²) in [6.07, 6.45) is 1.24. The van der Waals surface area contributed by atoms with Crippen LogP contribution in [0.3, 0.4) is 0 Å². The van der Waals surface area contributed by atoms with Crippen LogP contribution in [0.25, 0.3) is 32.0 Å². The van der Waals surface area contributed by atoms with Crippen LogP contribution in [0.1, 0.15) is 6.42 Å². The van der Waals surface area contributed by atoms with Crippen molar-refractivity contribution in [3.63, 3.8) is 0 Å². The zero-order chi connectivity index (χ0) is 19.6. The fourth-order valence-electron chi connectivity index (χ4n) is 3.95. The van der Waals surface area contributed by atoms with E-state index in [4.69, 9.17) is 9.97 Å². The molecule has 5 rings (SSSR count). The largest absolute Gasteiger partial charge is 0.369 e. The van der Waals surface area contributed by atoms with Gasteiger partial charge in [-0.25, -0.2) is 9.97 Å². The predicted octanol–water partition coefficient (Wildman–Crippen LogP) is 5.39. The van der Waals surface area contributed by atoms with Gasteiger partial charge in [-0.3, -0.25) is 0 Å². The molecule has 4 nitrogen and oxygen atoms in total. The first-order chi connectivity index (χ1) is 14.3. The molecule has 3 heterocycles. The summed E-state index contributed by atoms with van der Waals surface area (Å²) >= 11 is 1.73. The van der Waals surface area contributed by atoms with Gasteiger partial charge in [-0.2, -0.15) is 0 Å². The van der Waals surface area contributed by atoms with Crippen molar-refractivity contribution >= 4 is 27.4 Å². The highest BCUT2D eigenvalue weighted by Crippen LogP contribution is 2.36. The van der Waals surface area contributed by atoms with Crippen molar-refractivity contribution in [3.8, 4) is 21.8 Å². The van der Waals surface area contributed by atoms with Crippen LogP contribution >= 0.6 is 11.3 Å². The molecule has 0 bridgehead atoms. The predicted molar refractivity (Wildman–Crippen MR) is 122 cm³/mol. The number of thiophene rings is 1. The van der Waals surface area contributed by atoms with Gasteiger partial charge in [-0.1, -0.05) is 60.7 Å². The molecular weight excluding hydrogens is 376 g/mol. The molecule has 1 atom stereocenters. The molecule has 1 aliphatic heterocycles. The lowest BCUT2D eigenvalue weighted by Gasteiger charge is -2.13. The van der Waals surface area contributed by atoms with E-state index >= 15 is 0 Å². The Labute approximate surface area is 175 Å². The molecule has 1 fully saturated rings. The van der Waals surface area contributed by atoms with Gasteiger partial charge >= 0.3 is 0 Å². The fourth-order valence-corrected chi connectivity index (χ4v) is 4.99. The maximum Gasteiger partial charge on any atom is 0.163 e. The highest BCUT2D eigenvalue weighted by atomic mass is 32.1. The normalized spacial score (nSPS) is 17.1. The van der Waals surface area contributed by atoms with Gasteiger partial charge in [0.1, 0.15) is 10.6 Å². The number of likely N-dealkylation sites (tertiary alicyclic amines) is 1. The number of anilines is 1. The summed E-state index contributed by atoms with van der Waals surface area (Å²) in [4.78, 5) is 14.5. The summed E-state index contributed by atoms with van der Waals surface area (Å²) in [5.41, 5.74) is 2.27. The van der Waals surface area contributed by atoms with Crippen LogP contribution in [-0.4, -0.2) is 41.5 Å². The zero-order valence-electron chi connectivity index (χ0n) is 16.5. The van der Waals surface area contributed by atoms with Crippen molar-refractivity contribution in [2.75, 3.05) is 32.0 Å². The second kappa shape index (κ2) is 7.93. The zero-order valence-corrected chi connectivity index (χ0v) is 17.3. The Hall–Kier alpha value is -2.76. The van der Waals surface area contributed by atoms with Crippen molar-refractivity contribution in [1.29, 1.82) is 0 Å². The number of nitrogens with one attached hydrogen (secondary N) is 1. The smallest absolute Gasteiger partial charge is 0.163 e. The molecule has 0 saturated carbocycles. The fraction of sp³-hybridized carbons (Fsp3) is 0.250. The highest BCUT2D eigenvalue weighted by Gasteiger charge is 2.20. The van der Waals surface area contributed by atoms with E-state index in [1.165, 1.54) is 23.4 Å². The summed E-state index contributed by atoms with van der Waals surface area (Å²) in [6.45, 7) is 3.27. The summed E-state index contributed by atoms with van der Waals surface area (Å²) in [7, 11) is 2.20. The van der Waals surface area contributed by atoms with Crippen molar-refractivity contribution in [2.45, 2.75) is 6.42 Å². The van der Waals surface area contributed by atoms with E-state index in [1.807, 2.05) is 18.2 Å². The minimum atomic E-state index is 0.664. The molecule has 2 aromatic carbocycles. The summed E-state index contributed by atoms with van der Waals surface area (Å²) in [5.74, 6) is 2.39. The van der Waals surface area contributed by atoms with Gasteiger partial charge in [0.05, 0.1) is 5.39 Å². The van der Waals surface area contributed by atoms with Crippen molar-refractivity contribution in [2.24, 2.45) is 5.92 Å². The average molecular weight is 401 g/mol. The van der Waals surface area contributed by atoms with Gasteiger partial charge in [0.15, 0.2) is 5.82 Å². The summed E-state index contributed by atoms with van der Waals surface area (Å²) < 4.78 is 0. The molecule has 2 aromatic heterocycles. The maximum absolute atomic E-state index is 4.93. The van der Waals surface area contributed by atoms with Crippen LogP contribution in [0.15, 0.2) is 66.7 Å². The van der Waals surface area contributed by atoms with Crippen LogP contribution in [0.5, 0.6) is 0 Å². The van der Waals surface area contributed by atoms with Crippen LogP contribution in [0.2, 0.25) is 0 Å². The van der Waals surface area contributed by atoms with E-state index in [1.54, 1.807) is 11.3 Å². The van der Waals surface area contributed by atoms with Gasteiger partial charge in [-0.15, -0.1) is 11.3 Å². The van der Waals surface area contributed by atoms with Crippen LogP contribution in [0.4, 0.5) is 5.82 Å². The molecule has 29 heavy (non-hydrogen) atoms. The Balaban J connectivity index is 1.55. The standard InChI is InChI=1S/C24H24N4S/c1-28-13-12-17(16-28)15-25-23-20-14-21(18-8-4-2-5-9-18)29-24(20)27-22(26-23)19-10-6-3-7-11-19/h2-11,14,17H,12-13,15-16H2,1H3,(H,25,26,27). The lowest BCUT2D eigenvalue weighted by atomic mass is 10.1. The van der Waals surface area contributed by atoms with E-state index in [-0.39, 0.29) is 0 Å². The van der Waals surface area contributed by atoms with E-state index in [2.05, 4.69) is 65.8 Å². The average Bonchev–Trinajstić information content (AvgIpc) is 3.39. The van der Waals surface area contributed by atoms with Crippen LogP contribution in [0, 0.1) is 5.92 Å². The molecule has 1 unspecified atom stereocenters. The SMILES string of the molecule is CN1CCC(CNc2nc(-c3ccccc3)nc3sc(-c4ccccc4)cc23)C1. The van der Waals surface area contributed by atoms with Gasteiger partial charge in [0.2, 0.25) is 0 Å². The number of hydrogen-bond donors (Lipinski definition) is 1. The number of hydrogen-bond acceptors (Lipinski definition) is 5. The van der Waals surface area contributed by atoms with Crippen molar-refractivity contribution in [3.05, 3.63) is 66.7 Å². The number of aromatic nitrogens is 2. The molecule has 0 spiro atoms. The van der Waals surface area contributed by atoms with E-state index < -0.39 is 0 Å². The third kappa shape index (κ3) is 3.88. The Bertz CT molecular complexity index is 1110. The molecule has 5 heteroatoms. The summed E-state index contributed by atoms with van der Waals surface area (Å²) in [6, 6.07) is 23.0. The third-order valence-electron chi connectivity index (χ3n) is 5.53. The molecule has 0 radical (unpaired) electrons. The molecule has 0 amide bonds. The number of benzene rings is 2. The third-order valence-corrected chi connectivity index (χ3v) is 6.61. The molecule has 1 N–H and O–H groups in total. The Morgan fingerprint density at radius 1 is 1.00 bits per heavy atom. The molecular formula is C24H24N4S. The van der Waals surface area contributed by atoms with Crippen LogP contribution < -0.4 is 5.32 Å². The molecule has 0 aliphatic carbocycles. The first-order valence-electron chi connectivity index (χ1n) is 10.1. The summed E-state index contributed by atoms with van der Waals surface area (Å²) in [5, 5.41) is 4.76. The molecule has 4 aromatic rings. The molecule has 146 valence electrons. The van der Waals surface area contributed by atoms with Crippen molar-refractivity contribution in [1.82, 2.24) is 14.9 Å². The number of fused-ring (bicyclic) bond motifs is 1.